The van der Waals surface area contributed by atoms with Crippen molar-refractivity contribution in [1.82, 2.24) is 9.71 Å². The fraction of sp³-hybridized carbons (Fsp3) is 0.556. The van der Waals surface area contributed by atoms with Gasteiger partial charge in [-0.2, -0.15) is 0 Å². The van der Waals surface area contributed by atoms with Gasteiger partial charge in [-0.1, -0.05) is 0 Å². The fourth-order valence-corrected chi connectivity index (χ4v) is 1.33. The second-order valence-electron chi connectivity index (χ2n) is 3.51. The SMILES string of the molecule is Cc1cn(O[C@@H]2CO[C@@H](CO)O2)c(=O)[nH]c1=O. The highest BCUT2D eigenvalue weighted by Crippen LogP contribution is 2.09. The van der Waals surface area contributed by atoms with Crippen LogP contribution in [0.2, 0.25) is 0 Å². The summed E-state index contributed by atoms with van der Waals surface area (Å²) in [6, 6.07) is 0. The molecule has 17 heavy (non-hydrogen) atoms. The molecule has 1 aromatic heterocycles. The number of rotatable bonds is 3. The number of nitrogens with one attached hydrogen (secondary N) is 1. The molecule has 2 atom stereocenters. The number of hydrogen-bond donors (Lipinski definition) is 2. The Balaban J connectivity index is 2.12. The Morgan fingerprint density at radius 3 is 3.06 bits per heavy atom. The van der Waals surface area contributed by atoms with Crippen molar-refractivity contribution in [1.29, 1.82) is 0 Å². The first kappa shape index (κ1) is 11.8. The summed E-state index contributed by atoms with van der Waals surface area (Å²) in [5.41, 5.74) is -0.828. The summed E-state index contributed by atoms with van der Waals surface area (Å²) in [4.78, 5) is 29.7. The number of nitrogens with zero attached hydrogens (tertiary/aromatic N) is 1. The summed E-state index contributed by atoms with van der Waals surface area (Å²) in [6.07, 6.45) is -0.286. The van der Waals surface area contributed by atoms with Crippen molar-refractivity contribution in [3.8, 4) is 0 Å². The lowest BCUT2D eigenvalue weighted by Crippen LogP contribution is -2.39. The first-order chi connectivity index (χ1) is 8.10. The molecule has 8 heteroatoms. The van der Waals surface area contributed by atoms with Gasteiger partial charge in [-0.05, 0) is 6.92 Å². The van der Waals surface area contributed by atoms with Crippen molar-refractivity contribution >= 4 is 0 Å². The molecule has 0 bridgehead atoms. The smallest absolute Gasteiger partial charge is 0.361 e. The Labute approximate surface area is 95.3 Å². The van der Waals surface area contributed by atoms with Crippen LogP contribution >= 0.6 is 0 Å². The molecule has 2 rings (SSSR count). The first-order valence-corrected chi connectivity index (χ1v) is 4.98. The van der Waals surface area contributed by atoms with Crippen LogP contribution < -0.4 is 16.1 Å². The summed E-state index contributed by atoms with van der Waals surface area (Å²) < 4.78 is 11.0. The van der Waals surface area contributed by atoms with Crippen molar-refractivity contribution in [2.24, 2.45) is 0 Å². The van der Waals surface area contributed by atoms with Crippen LogP contribution in [-0.4, -0.2) is 40.6 Å². The molecule has 1 aliphatic heterocycles. The van der Waals surface area contributed by atoms with Crippen LogP contribution in [0.25, 0.3) is 0 Å². The largest absolute Gasteiger partial charge is 0.391 e. The summed E-state index contributed by atoms with van der Waals surface area (Å²) in [6.45, 7) is 1.34. The molecule has 1 aliphatic rings. The monoisotopic (exact) mass is 244 g/mol. The van der Waals surface area contributed by atoms with Crippen molar-refractivity contribution in [2.45, 2.75) is 19.5 Å². The van der Waals surface area contributed by atoms with Crippen LogP contribution in [-0.2, 0) is 9.47 Å². The van der Waals surface area contributed by atoms with Crippen molar-refractivity contribution < 1.29 is 19.4 Å². The standard InChI is InChI=1S/C9H12N2O6/c1-5-2-11(9(14)10-8(5)13)17-7-4-15-6(3-12)16-7/h2,6-7,12H,3-4H2,1H3,(H,10,13,14)/t6-,7-/m1/s1. The molecule has 94 valence electrons. The first-order valence-electron chi connectivity index (χ1n) is 4.98. The molecule has 8 nitrogen and oxygen atoms in total. The van der Waals surface area contributed by atoms with E-state index >= 15 is 0 Å². The molecule has 2 N–H and O–H groups in total. The van der Waals surface area contributed by atoms with E-state index in [1.165, 1.54) is 6.20 Å². The Kier molecular flexibility index (Phi) is 3.27. The summed E-state index contributed by atoms with van der Waals surface area (Å²) in [5, 5.41) is 8.76. The van der Waals surface area contributed by atoms with Gasteiger partial charge >= 0.3 is 5.69 Å². The van der Waals surface area contributed by atoms with Gasteiger partial charge < -0.3 is 19.4 Å². The number of aryl methyl sites for hydroxylation is 1. The summed E-state index contributed by atoms with van der Waals surface area (Å²) >= 11 is 0. The number of aromatic amines is 1. The summed E-state index contributed by atoms with van der Waals surface area (Å²) in [7, 11) is 0. The van der Waals surface area contributed by atoms with E-state index in [-0.39, 0.29) is 13.2 Å². The Hall–Kier alpha value is -1.64. The zero-order valence-corrected chi connectivity index (χ0v) is 9.08. The van der Waals surface area contributed by atoms with E-state index in [2.05, 4.69) is 4.98 Å². The van der Waals surface area contributed by atoms with Gasteiger partial charge in [-0.3, -0.25) is 9.78 Å². The molecule has 0 amide bonds. The predicted molar refractivity (Wildman–Crippen MR) is 54.3 cm³/mol. The quantitative estimate of drug-likeness (QED) is 0.635. The van der Waals surface area contributed by atoms with Gasteiger partial charge in [0.2, 0.25) is 0 Å². The van der Waals surface area contributed by atoms with E-state index in [0.717, 1.165) is 4.73 Å². The third-order valence-corrected chi connectivity index (χ3v) is 2.19. The van der Waals surface area contributed by atoms with Crippen LogP contribution in [0.5, 0.6) is 0 Å². The molecule has 0 aromatic carbocycles. The van der Waals surface area contributed by atoms with Crippen LogP contribution in [0, 0.1) is 6.92 Å². The zero-order chi connectivity index (χ0) is 12.4. The fourth-order valence-electron chi connectivity index (χ4n) is 1.33. The predicted octanol–water partition coefficient (Wildman–Crippen LogP) is -2.04. The molecule has 0 radical (unpaired) electrons. The molecule has 0 saturated carbocycles. The Morgan fingerprint density at radius 1 is 1.65 bits per heavy atom. The minimum Gasteiger partial charge on any atom is -0.391 e. The molecule has 0 spiro atoms. The van der Waals surface area contributed by atoms with Gasteiger partial charge in [0.1, 0.15) is 6.61 Å². The Bertz CT molecular complexity index is 507. The Morgan fingerprint density at radius 2 is 2.41 bits per heavy atom. The van der Waals surface area contributed by atoms with Gasteiger partial charge in [-0.15, -0.1) is 4.73 Å². The van der Waals surface area contributed by atoms with E-state index < -0.39 is 23.8 Å². The van der Waals surface area contributed by atoms with E-state index in [1.54, 1.807) is 6.92 Å². The highest BCUT2D eigenvalue weighted by molar-refractivity contribution is 4.99. The molecule has 0 unspecified atom stereocenters. The van der Waals surface area contributed by atoms with Crippen molar-refractivity contribution in [3.05, 3.63) is 32.6 Å². The topological polar surface area (TPSA) is 103 Å². The maximum absolute atomic E-state index is 11.4. The molecule has 1 aromatic rings. The second kappa shape index (κ2) is 4.70. The normalized spacial score (nSPS) is 23.9. The lowest BCUT2D eigenvalue weighted by atomic mass is 10.4. The second-order valence-corrected chi connectivity index (χ2v) is 3.51. The van der Waals surface area contributed by atoms with E-state index in [0.29, 0.717) is 5.56 Å². The van der Waals surface area contributed by atoms with Crippen LogP contribution in [0.3, 0.4) is 0 Å². The molecular formula is C9H12N2O6. The number of aliphatic hydroxyl groups is 1. The van der Waals surface area contributed by atoms with Crippen LogP contribution in [0.15, 0.2) is 15.8 Å². The number of aromatic nitrogens is 2. The number of H-pyrrole nitrogens is 1. The number of ether oxygens (including phenoxy) is 2. The molecule has 0 aliphatic carbocycles. The van der Waals surface area contributed by atoms with Crippen LogP contribution in [0.1, 0.15) is 5.56 Å². The van der Waals surface area contributed by atoms with Gasteiger partial charge in [0.05, 0.1) is 12.8 Å². The van der Waals surface area contributed by atoms with Gasteiger partial charge in [-0.25, -0.2) is 4.79 Å². The van der Waals surface area contributed by atoms with Crippen molar-refractivity contribution in [3.63, 3.8) is 0 Å². The zero-order valence-electron chi connectivity index (χ0n) is 9.08. The highest BCUT2D eigenvalue weighted by Gasteiger charge is 2.27. The van der Waals surface area contributed by atoms with E-state index in [1.807, 2.05) is 0 Å². The minimum absolute atomic E-state index is 0.0931. The lowest BCUT2D eigenvalue weighted by molar-refractivity contribution is -0.159. The maximum Gasteiger partial charge on any atom is 0.361 e. The third-order valence-electron chi connectivity index (χ3n) is 2.19. The van der Waals surface area contributed by atoms with E-state index in [9.17, 15) is 9.59 Å². The van der Waals surface area contributed by atoms with Gasteiger partial charge in [0.25, 0.3) is 11.8 Å². The summed E-state index contributed by atoms with van der Waals surface area (Å²) in [5.74, 6) is 0. The van der Waals surface area contributed by atoms with Gasteiger partial charge in [0, 0.05) is 5.56 Å². The number of aliphatic hydroxyl groups excluding tert-OH is 1. The average molecular weight is 244 g/mol. The lowest BCUT2D eigenvalue weighted by Gasteiger charge is -2.13. The average Bonchev–Trinajstić information content (AvgIpc) is 2.73. The molecular weight excluding hydrogens is 232 g/mol. The molecule has 2 heterocycles. The third kappa shape index (κ3) is 2.54. The van der Waals surface area contributed by atoms with Crippen LogP contribution in [0.4, 0.5) is 0 Å². The molecule has 1 saturated heterocycles. The number of hydrogen-bond acceptors (Lipinski definition) is 6. The van der Waals surface area contributed by atoms with Crippen molar-refractivity contribution in [2.75, 3.05) is 13.2 Å². The minimum atomic E-state index is -0.796. The molecule has 1 fully saturated rings. The van der Waals surface area contributed by atoms with Gasteiger partial charge in [0.15, 0.2) is 6.29 Å². The maximum atomic E-state index is 11.4. The highest BCUT2D eigenvalue weighted by atomic mass is 16.9. The van der Waals surface area contributed by atoms with E-state index in [4.69, 9.17) is 19.4 Å².